The lowest BCUT2D eigenvalue weighted by Crippen LogP contribution is -2.33. The molecule has 0 amide bonds. The average molecular weight is 255 g/mol. The first-order chi connectivity index (χ1) is 8.43. The number of carbonyl (C=O) groups is 2. The van der Waals surface area contributed by atoms with Crippen molar-refractivity contribution < 1.29 is 14.7 Å². The number of carboxylic acids is 1. The van der Waals surface area contributed by atoms with Crippen molar-refractivity contribution in [1.82, 2.24) is 4.90 Å². The van der Waals surface area contributed by atoms with Crippen LogP contribution in [0, 0.1) is 5.92 Å². The van der Waals surface area contributed by atoms with Crippen molar-refractivity contribution in [2.45, 2.75) is 20.3 Å². The smallest absolute Gasteiger partial charge is 0.314 e. The van der Waals surface area contributed by atoms with Crippen molar-refractivity contribution >= 4 is 17.7 Å². The predicted octanol–water partition coefficient (Wildman–Crippen LogP) is 0.489. The summed E-state index contributed by atoms with van der Waals surface area (Å²) in [5.41, 5.74) is 5.47. The predicted molar refractivity (Wildman–Crippen MR) is 70.4 cm³/mol. The van der Waals surface area contributed by atoms with Gasteiger partial charge in [-0.05, 0) is 20.3 Å². The van der Waals surface area contributed by atoms with E-state index in [1.807, 2.05) is 0 Å². The van der Waals surface area contributed by atoms with Crippen LogP contribution >= 0.6 is 0 Å². The Kier molecular flexibility index (Phi) is 7.42. The Morgan fingerprint density at radius 2 is 2.28 bits per heavy atom. The van der Waals surface area contributed by atoms with Gasteiger partial charge in [0.15, 0.2) is 5.96 Å². The number of Topliss-reactive ketones (excluding diaryl/α,β-unsaturated/α-hetero) is 1. The topological polar surface area (TPSA) is 96.0 Å². The molecule has 1 unspecified atom stereocenters. The van der Waals surface area contributed by atoms with E-state index in [0.29, 0.717) is 5.96 Å². The molecule has 0 saturated heterocycles. The second-order valence-corrected chi connectivity index (χ2v) is 3.85. The molecule has 1 rings (SSSR count). The molecule has 0 aromatic rings. The van der Waals surface area contributed by atoms with E-state index in [4.69, 9.17) is 10.8 Å². The highest BCUT2D eigenvalue weighted by Gasteiger charge is 2.19. The van der Waals surface area contributed by atoms with Crippen LogP contribution in [0.25, 0.3) is 0 Å². The summed E-state index contributed by atoms with van der Waals surface area (Å²) >= 11 is 0. The number of aliphatic carboxylic acids is 1. The molecule has 0 aromatic heterocycles. The third-order valence-corrected chi connectivity index (χ3v) is 2.54. The number of carbonyl (C=O) groups excluding carboxylic acids is 1. The van der Waals surface area contributed by atoms with E-state index in [9.17, 15) is 9.59 Å². The summed E-state index contributed by atoms with van der Waals surface area (Å²) < 4.78 is 0. The largest absolute Gasteiger partial charge is 0.481 e. The maximum atomic E-state index is 10.5. The van der Waals surface area contributed by atoms with Crippen LogP contribution in [0.5, 0.6) is 0 Å². The molecule has 1 aliphatic rings. The summed E-state index contributed by atoms with van der Waals surface area (Å²) in [6.45, 7) is 9.55. The first kappa shape index (κ1) is 16.1. The van der Waals surface area contributed by atoms with E-state index >= 15 is 0 Å². The highest BCUT2D eigenvalue weighted by atomic mass is 16.4. The van der Waals surface area contributed by atoms with Crippen molar-refractivity contribution in [2.75, 3.05) is 19.6 Å². The van der Waals surface area contributed by atoms with E-state index in [-0.39, 0.29) is 12.2 Å². The van der Waals surface area contributed by atoms with E-state index in [2.05, 4.69) is 23.4 Å². The lowest BCUT2D eigenvalue weighted by Gasteiger charge is -2.12. The molecule has 102 valence electrons. The van der Waals surface area contributed by atoms with Gasteiger partial charge in [-0.3, -0.25) is 14.6 Å². The van der Waals surface area contributed by atoms with Crippen molar-refractivity contribution in [3.8, 4) is 0 Å². The maximum absolute atomic E-state index is 10.5. The van der Waals surface area contributed by atoms with E-state index in [0.717, 1.165) is 19.6 Å². The normalized spacial score (nSPS) is 15.2. The summed E-state index contributed by atoms with van der Waals surface area (Å²) in [6, 6.07) is 0. The highest BCUT2D eigenvalue weighted by molar-refractivity contribution is 5.96. The first-order valence-corrected chi connectivity index (χ1v) is 5.83. The van der Waals surface area contributed by atoms with Crippen LogP contribution in [0.15, 0.2) is 17.6 Å². The van der Waals surface area contributed by atoms with Gasteiger partial charge in [-0.15, -0.1) is 6.58 Å². The molecule has 18 heavy (non-hydrogen) atoms. The molecule has 0 spiro atoms. The third-order valence-electron chi connectivity index (χ3n) is 2.54. The minimum atomic E-state index is -1.08. The molecule has 1 aliphatic heterocycles. The molecular formula is C12H21N3O3. The monoisotopic (exact) mass is 255 g/mol. The quantitative estimate of drug-likeness (QED) is 0.550. The van der Waals surface area contributed by atoms with Gasteiger partial charge >= 0.3 is 5.97 Å². The number of nitrogens with zero attached hydrogens (tertiary/aromatic N) is 2. The highest BCUT2D eigenvalue weighted by Crippen LogP contribution is 2.04. The van der Waals surface area contributed by atoms with Gasteiger partial charge in [0.05, 0.1) is 6.54 Å². The lowest BCUT2D eigenvalue weighted by molar-refractivity contribution is -0.145. The lowest BCUT2D eigenvalue weighted by atomic mass is 10.0. The molecule has 3 N–H and O–H groups in total. The van der Waals surface area contributed by atoms with E-state index < -0.39 is 11.9 Å². The third kappa shape index (κ3) is 5.47. The standard InChI is InChI=1S/C7H10O3.C5H11N3/c1-3-4-6(5(2)8)7(9)10;1-2-8-4-3-7-5(8)6/h3,6H,1,4H2,2H3,(H,9,10);2-4H2,1H3,(H2,6,7). The molecule has 6 heteroatoms. The summed E-state index contributed by atoms with van der Waals surface area (Å²) in [6.07, 6.45) is 1.64. The Morgan fingerprint density at radius 1 is 1.67 bits per heavy atom. The number of likely N-dealkylation sites (N-methyl/N-ethyl adjacent to an activating group) is 1. The molecule has 0 fully saturated rings. The first-order valence-electron chi connectivity index (χ1n) is 5.83. The van der Waals surface area contributed by atoms with Crippen LogP contribution in [0.3, 0.4) is 0 Å². The Labute approximate surface area is 107 Å². The van der Waals surface area contributed by atoms with Crippen LogP contribution in [0.2, 0.25) is 0 Å². The second-order valence-electron chi connectivity index (χ2n) is 3.85. The number of carboxylic acid groups (broad SMARTS) is 1. The number of aliphatic imine (C=N–C) groups is 1. The zero-order chi connectivity index (χ0) is 14.1. The molecule has 1 heterocycles. The number of nitrogens with two attached hydrogens (primary N) is 1. The molecule has 6 nitrogen and oxygen atoms in total. The van der Waals surface area contributed by atoms with Crippen molar-refractivity contribution in [3.05, 3.63) is 12.7 Å². The molecule has 0 bridgehead atoms. The molecule has 0 aromatic carbocycles. The van der Waals surface area contributed by atoms with Gasteiger partial charge in [0, 0.05) is 13.1 Å². The number of hydrogen-bond acceptors (Lipinski definition) is 5. The van der Waals surface area contributed by atoms with Crippen molar-refractivity contribution in [2.24, 2.45) is 16.6 Å². The molecule has 0 radical (unpaired) electrons. The molecule has 0 aliphatic carbocycles. The number of hydrogen-bond donors (Lipinski definition) is 2. The average Bonchev–Trinajstić information content (AvgIpc) is 2.71. The minimum Gasteiger partial charge on any atom is -0.481 e. The van der Waals surface area contributed by atoms with Gasteiger partial charge in [-0.1, -0.05) is 6.08 Å². The van der Waals surface area contributed by atoms with Crippen LogP contribution in [-0.2, 0) is 9.59 Å². The fourth-order valence-corrected chi connectivity index (χ4v) is 1.43. The van der Waals surface area contributed by atoms with Crippen LogP contribution < -0.4 is 5.73 Å². The molecule has 0 saturated carbocycles. The van der Waals surface area contributed by atoms with Crippen molar-refractivity contribution in [1.29, 1.82) is 0 Å². The van der Waals surface area contributed by atoms with Gasteiger partial charge in [-0.25, -0.2) is 0 Å². The maximum Gasteiger partial charge on any atom is 0.314 e. The fraction of sp³-hybridized carbons (Fsp3) is 0.583. The van der Waals surface area contributed by atoms with Gasteiger partial charge in [0.25, 0.3) is 0 Å². The van der Waals surface area contributed by atoms with Gasteiger partial charge in [0.2, 0.25) is 0 Å². The minimum absolute atomic E-state index is 0.213. The van der Waals surface area contributed by atoms with Gasteiger partial charge < -0.3 is 15.7 Å². The Bertz CT molecular complexity index is 325. The summed E-state index contributed by atoms with van der Waals surface area (Å²) in [5, 5.41) is 8.41. The number of guanidine groups is 1. The SMILES string of the molecule is C=CCC(C(C)=O)C(=O)O.CCN1CCN=C1N. The summed E-state index contributed by atoms with van der Waals surface area (Å²) in [5.74, 6) is -1.61. The number of rotatable bonds is 5. The Morgan fingerprint density at radius 3 is 2.44 bits per heavy atom. The van der Waals surface area contributed by atoms with Crippen molar-refractivity contribution in [3.63, 3.8) is 0 Å². The second kappa shape index (κ2) is 8.27. The van der Waals surface area contributed by atoms with Crippen LogP contribution in [-0.4, -0.2) is 47.4 Å². The summed E-state index contributed by atoms with van der Waals surface area (Å²) in [4.78, 5) is 26.9. The van der Waals surface area contributed by atoms with Gasteiger partial charge in [-0.2, -0.15) is 0 Å². The van der Waals surface area contributed by atoms with Gasteiger partial charge in [0.1, 0.15) is 11.7 Å². The number of allylic oxidation sites excluding steroid dienone is 1. The fourth-order valence-electron chi connectivity index (χ4n) is 1.43. The Balaban J connectivity index is 0.000000327. The number of ketones is 1. The zero-order valence-electron chi connectivity index (χ0n) is 10.9. The summed E-state index contributed by atoms with van der Waals surface area (Å²) in [7, 11) is 0. The van der Waals surface area contributed by atoms with Crippen LogP contribution in [0.1, 0.15) is 20.3 Å². The van der Waals surface area contributed by atoms with Crippen LogP contribution in [0.4, 0.5) is 0 Å². The molecular weight excluding hydrogens is 234 g/mol. The van der Waals surface area contributed by atoms with E-state index in [1.54, 1.807) is 0 Å². The Hall–Kier alpha value is -1.85. The zero-order valence-corrected chi connectivity index (χ0v) is 10.9. The molecule has 1 atom stereocenters. The van der Waals surface area contributed by atoms with E-state index in [1.165, 1.54) is 13.0 Å².